The predicted octanol–water partition coefficient (Wildman–Crippen LogP) is 4.11. The van der Waals surface area contributed by atoms with Gasteiger partial charge in [0.05, 0.1) is 5.56 Å². The Labute approximate surface area is 115 Å². The average Bonchev–Trinajstić information content (AvgIpc) is 2.66. The van der Waals surface area contributed by atoms with Crippen LogP contribution >= 0.6 is 0 Å². The molecular formula is C14H16F3N3. The zero-order chi connectivity index (χ0) is 14.6. The summed E-state index contributed by atoms with van der Waals surface area (Å²) >= 11 is 0. The van der Waals surface area contributed by atoms with Crippen molar-refractivity contribution in [2.24, 2.45) is 0 Å². The van der Waals surface area contributed by atoms with Gasteiger partial charge < -0.3 is 5.32 Å². The van der Waals surface area contributed by atoms with E-state index in [9.17, 15) is 13.2 Å². The van der Waals surface area contributed by atoms with Gasteiger partial charge in [-0.25, -0.2) is 4.98 Å². The van der Waals surface area contributed by atoms with Crippen LogP contribution in [-0.4, -0.2) is 11.0 Å². The monoisotopic (exact) mass is 283 g/mol. The van der Waals surface area contributed by atoms with Gasteiger partial charge in [0, 0.05) is 6.04 Å². The number of alkyl halides is 3. The Kier molecular flexibility index (Phi) is 4.48. The first-order valence-corrected chi connectivity index (χ1v) is 6.75. The molecule has 1 aliphatic rings. The molecule has 0 radical (unpaired) electrons. The summed E-state index contributed by atoms with van der Waals surface area (Å²) in [6.45, 7) is 0. The fraction of sp³-hybridized carbons (Fsp3) is 0.571. The molecule has 108 valence electrons. The van der Waals surface area contributed by atoms with Crippen LogP contribution in [0.15, 0.2) is 12.1 Å². The topological polar surface area (TPSA) is 48.7 Å². The molecule has 0 atom stereocenters. The van der Waals surface area contributed by atoms with Crippen LogP contribution in [0, 0.1) is 11.3 Å². The van der Waals surface area contributed by atoms with Crippen LogP contribution in [0.4, 0.5) is 19.0 Å². The van der Waals surface area contributed by atoms with Gasteiger partial charge >= 0.3 is 6.18 Å². The van der Waals surface area contributed by atoms with Crippen LogP contribution in [0.25, 0.3) is 0 Å². The second-order valence-electron chi connectivity index (χ2n) is 5.04. The summed E-state index contributed by atoms with van der Waals surface area (Å²) in [6, 6.07) is 4.00. The van der Waals surface area contributed by atoms with Gasteiger partial charge in [0.1, 0.15) is 17.6 Å². The summed E-state index contributed by atoms with van der Waals surface area (Å²) < 4.78 is 38.0. The van der Waals surface area contributed by atoms with Gasteiger partial charge in [0.25, 0.3) is 0 Å². The van der Waals surface area contributed by atoms with E-state index in [1.807, 2.05) is 6.07 Å². The number of aromatic nitrogens is 1. The van der Waals surface area contributed by atoms with Gasteiger partial charge in [0.15, 0.2) is 0 Å². The van der Waals surface area contributed by atoms with Crippen molar-refractivity contribution in [1.82, 2.24) is 4.98 Å². The largest absolute Gasteiger partial charge is 0.433 e. The number of hydrogen-bond acceptors (Lipinski definition) is 3. The highest BCUT2D eigenvalue weighted by molar-refractivity contribution is 5.53. The first-order valence-electron chi connectivity index (χ1n) is 6.75. The van der Waals surface area contributed by atoms with Crippen molar-refractivity contribution in [3.05, 3.63) is 23.4 Å². The van der Waals surface area contributed by atoms with Crippen molar-refractivity contribution in [3.63, 3.8) is 0 Å². The van der Waals surface area contributed by atoms with Gasteiger partial charge in [-0.3, -0.25) is 0 Å². The highest BCUT2D eigenvalue weighted by Crippen LogP contribution is 2.30. The minimum Gasteiger partial charge on any atom is -0.366 e. The van der Waals surface area contributed by atoms with E-state index >= 15 is 0 Å². The van der Waals surface area contributed by atoms with Crippen LogP contribution < -0.4 is 5.32 Å². The van der Waals surface area contributed by atoms with E-state index in [2.05, 4.69) is 10.3 Å². The van der Waals surface area contributed by atoms with Crippen LogP contribution in [0.3, 0.4) is 0 Å². The predicted molar refractivity (Wildman–Crippen MR) is 69.1 cm³/mol. The number of halogens is 3. The Morgan fingerprint density at radius 1 is 1.15 bits per heavy atom. The van der Waals surface area contributed by atoms with E-state index in [4.69, 9.17) is 5.26 Å². The summed E-state index contributed by atoms with van der Waals surface area (Å²) in [4.78, 5) is 3.58. The average molecular weight is 283 g/mol. The third-order valence-electron chi connectivity index (χ3n) is 3.50. The summed E-state index contributed by atoms with van der Waals surface area (Å²) in [5.74, 6) is 0.0502. The maximum atomic E-state index is 12.7. The van der Waals surface area contributed by atoms with Gasteiger partial charge in [-0.15, -0.1) is 0 Å². The number of nitrogens with one attached hydrogen (secondary N) is 1. The van der Waals surface area contributed by atoms with Crippen LogP contribution in [-0.2, 0) is 6.18 Å². The zero-order valence-corrected chi connectivity index (χ0v) is 11.0. The maximum Gasteiger partial charge on any atom is 0.433 e. The van der Waals surface area contributed by atoms with Gasteiger partial charge in [-0.2, -0.15) is 18.4 Å². The van der Waals surface area contributed by atoms with Crippen LogP contribution in [0.5, 0.6) is 0 Å². The molecule has 0 aliphatic heterocycles. The molecule has 3 nitrogen and oxygen atoms in total. The molecule has 0 bridgehead atoms. The van der Waals surface area contributed by atoms with Crippen LogP contribution in [0.2, 0.25) is 0 Å². The number of anilines is 1. The molecule has 1 aliphatic carbocycles. The molecule has 1 heterocycles. The van der Waals surface area contributed by atoms with E-state index < -0.39 is 11.9 Å². The molecule has 1 aromatic rings. The maximum absolute atomic E-state index is 12.7. The van der Waals surface area contributed by atoms with Crippen LogP contribution in [0.1, 0.15) is 49.8 Å². The van der Waals surface area contributed by atoms with E-state index in [1.165, 1.54) is 6.07 Å². The zero-order valence-electron chi connectivity index (χ0n) is 11.0. The van der Waals surface area contributed by atoms with Crippen molar-refractivity contribution >= 4 is 5.82 Å². The summed E-state index contributed by atoms with van der Waals surface area (Å²) in [6.07, 6.45) is 1.73. The van der Waals surface area contributed by atoms with Crippen molar-refractivity contribution in [1.29, 1.82) is 5.26 Å². The molecule has 0 spiro atoms. The summed E-state index contributed by atoms with van der Waals surface area (Å²) in [5.41, 5.74) is -0.810. The highest BCUT2D eigenvalue weighted by Gasteiger charge is 2.33. The lowest BCUT2D eigenvalue weighted by atomic mass is 10.1. The Balaban J connectivity index is 2.22. The molecule has 0 saturated heterocycles. The first-order chi connectivity index (χ1) is 9.50. The third-order valence-corrected chi connectivity index (χ3v) is 3.50. The lowest BCUT2D eigenvalue weighted by Gasteiger charge is -2.18. The third kappa shape index (κ3) is 3.62. The molecule has 1 N–H and O–H groups in total. The molecule has 1 saturated carbocycles. The Bertz CT molecular complexity index is 497. The van der Waals surface area contributed by atoms with Crippen molar-refractivity contribution in [3.8, 4) is 6.07 Å². The van der Waals surface area contributed by atoms with E-state index in [0.29, 0.717) is 0 Å². The standard InChI is InChI=1S/C14H16F3N3/c15-14(16,17)12-8-7-10(9-18)13(20-12)19-11-5-3-1-2-4-6-11/h7-8,11H,1-6H2,(H,19,20). The van der Waals surface area contributed by atoms with E-state index in [1.54, 1.807) is 0 Å². The number of hydrogen-bond donors (Lipinski definition) is 1. The molecular weight excluding hydrogens is 267 g/mol. The normalized spacial score (nSPS) is 17.3. The fourth-order valence-electron chi connectivity index (χ4n) is 2.43. The van der Waals surface area contributed by atoms with Crippen molar-refractivity contribution < 1.29 is 13.2 Å². The van der Waals surface area contributed by atoms with E-state index in [-0.39, 0.29) is 17.4 Å². The van der Waals surface area contributed by atoms with Crippen molar-refractivity contribution in [2.45, 2.75) is 50.7 Å². The lowest BCUT2D eigenvalue weighted by Crippen LogP contribution is -2.21. The number of nitrogens with zero attached hydrogens (tertiary/aromatic N) is 2. The smallest absolute Gasteiger partial charge is 0.366 e. The molecule has 1 aromatic heterocycles. The fourth-order valence-corrected chi connectivity index (χ4v) is 2.43. The number of rotatable bonds is 2. The second kappa shape index (κ2) is 6.12. The molecule has 6 heteroatoms. The molecule has 0 amide bonds. The summed E-state index contributed by atoms with van der Waals surface area (Å²) in [5, 5.41) is 12.0. The Hall–Kier alpha value is -1.77. The molecule has 0 unspecified atom stereocenters. The molecule has 0 aromatic carbocycles. The lowest BCUT2D eigenvalue weighted by molar-refractivity contribution is -0.141. The molecule has 20 heavy (non-hydrogen) atoms. The van der Waals surface area contributed by atoms with E-state index in [0.717, 1.165) is 44.6 Å². The number of pyridine rings is 1. The number of nitriles is 1. The minimum absolute atomic E-state index is 0.0502. The minimum atomic E-state index is -4.49. The Morgan fingerprint density at radius 3 is 2.35 bits per heavy atom. The first kappa shape index (κ1) is 14.6. The molecule has 2 rings (SSSR count). The van der Waals surface area contributed by atoms with Gasteiger partial charge in [-0.05, 0) is 25.0 Å². The van der Waals surface area contributed by atoms with Crippen molar-refractivity contribution in [2.75, 3.05) is 5.32 Å². The SMILES string of the molecule is N#Cc1ccc(C(F)(F)F)nc1NC1CCCCCC1. The second-order valence-corrected chi connectivity index (χ2v) is 5.04. The molecule has 1 fully saturated rings. The van der Waals surface area contributed by atoms with Gasteiger partial charge in [0.2, 0.25) is 0 Å². The Morgan fingerprint density at radius 2 is 1.80 bits per heavy atom. The summed E-state index contributed by atoms with van der Waals surface area (Å²) in [7, 11) is 0. The quantitative estimate of drug-likeness (QED) is 0.831. The highest BCUT2D eigenvalue weighted by atomic mass is 19.4. The van der Waals surface area contributed by atoms with Gasteiger partial charge in [-0.1, -0.05) is 25.7 Å².